The quantitative estimate of drug-likeness (QED) is 0.760. The fraction of sp³-hybridized carbons (Fsp3) is 0.625. The van der Waals surface area contributed by atoms with Gasteiger partial charge in [-0.1, -0.05) is 0 Å². The van der Waals surface area contributed by atoms with E-state index >= 15 is 0 Å². The number of piperidine rings is 1. The maximum atomic E-state index is 12.9. The van der Waals surface area contributed by atoms with E-state index in [-0.39, 0.29) is 30.1 Å². The molecule has 23 heavy (non-hydrogen) atoms. The molecule has 0 aromatic carbocycles. The Morgan fingerprint density at radius 3 is 2.74 bits per heavy atom. The number of methoxy groups -OCH3 is 1. The lowest BCUT2D eigenvalue weighted by Gasteiger charge is -2.41. The van der Waals surface area contributed by atoms with Crippen LogP contribution in [0.1, 0.15) is 42.4 Å². The van der Waals surface area contributed by atoms with Gasteiger partial charge in [-0.2, -0.15) is 0 Å². The summed E-state index contributed by atoms with van der Waals surface area (Å²) in [6, 6.07) is -0.0506. The average Bonchev–Trinajstić information content (AvgIpc) is 2.98. The Balaban J connectivity index is 1.83. The van der Waals surface area contributed by atoms with Crippen LogP contribution < -0.4 is 0 Å². The second-order valence-corrected chi connectivity index (χ2v) is 6.17. The minimum Gasteiger partial charge on any atom is -0.467 e. The molecule has 1 aromatic rings. The van der Waals surface area contributed by atoms with Crippen molar-refractivity contribution in [3.63, 3.8) is 0 Å². The molecule has 1 amide bonds. The van der Waals surface area contributed by atoms with Gasteiger partial charge in [0.1, 0.15) is 5.69 Å². The first-order valence-corrected chi connectivity index (χ1v) is 7.86. The summed E-state index contributed by atoms with van der Waals surface area (Å²) in [7, 11) is 1.35. The van der Waals surface area contributed by atoms with Crippen molar-refractivity contribution in [3.8, 4) is 0 Å². The third kappa shape index (κ3) is 2.93. The number of aryl methyl sites for hydroxylation is 1. The molecule has 0 spiro atoms. The van der Waals surface area contributed by atoms with Gasteiger partial charge >= 0.3 is 5.97 Å². The van der Waals surface area contributed by atoms with E-state index in [4.69, 9.17) is 9.47 Å². The van der Waals surface area contributed by atoms with Crippen LogP contribution in [0.25, 0.3) is 0 Å². The molecule has 0 N–H and O–H groups in total. The summed E-state index contributed by atoms with van der Waals surface area (Å²) in [5.74, 6) is -0.539. The van der Waals surface area contributed by atoms with Crippen LogP contribution in [0.3, 0.4) is 0 Å². The molecule has 0 bridgehead atoms. The molecule has 124 valence electrons. The van der Waals surface area contributed by atoms with Crippen LogP contribution in [-0.4, -0.2) is 58.1 Å². The number of ether oxygens (including phenoxy) is 2. The Morgan fingerprint density at radius 2 is 2.09 bits per heavy atom. The molecule has 0 aliphatic carbocycles. The van der Waals surface area contributed by atoms with Crippen molar-refractivity contribution < 1.29 is 19.1 Å². The first kappa shape index (κ1) is 15.9. The lowest BCUT2D eigenvalue weighted by atomic mass is 9.92. The average molecular weight is 319 g/mol. The van der Waals surface area contributed by atoms with Crippen molar-refractivity contribution in [1.29, 1.82) is 0 Å². The van der Waals surface area contributed by atoms with E-state index in [0.717, 1.165) is 18.5 Å². The van der Waals surface area contributed by atoms with Crippen molar-refractivity contribution in [2.75, 3.05) is 7.11 Å². The number of likely N-dealkylation sites (tertiary alicyclic amines) is 1. The predicted molar refractivity (Wildman–Crippen MR) is 80.7 cm³/mol. The zero-order chi connectivity index (χ0) is 16.6. The molecule has 0 radical (unpaired) electrons. The largest absolute Gasteiger partial charge is 0.467 e. The summed E-state index contributed by atoms with van der Waals surface area (Å²) in [6.45, 7) is 3.84. The summed E-state index contributed by atoms with van der Waals surface area (Å²) < 4.78 is 10.6. The van der Waals surface area contributed by atoms with Gasteiger partial charge in [0.25, 0.3) is 5.91 Å². The minimum absolute atomic E-state index is 0.0758. The molecule has 2 saturated heterocycles. The summed E-state index contributed by atoms with van der Waals surface area (Å²) in [6.07, 6.45) is 4.50. The van der Waals surface area contributed by atoms with Crippen LogP contribution in [0.2, 0.25) is 0 Å². The number of carbonyl (C=O) groups is 2. The molecule has 2 fully saturated rings. The minimum atomic E-state index is -0.597. The highest BCUT2D eigenvalue weighted by Crippen LogP contribution is 2.35. The van der Waals surface area contributed by atoms with Crippen molar-refractivity contribution in [2.45, 2.75) is 57.4 Å². The Bertz CT molecular complexity index is 604. The standard InChI is InChI=1S/C16H21N3O4/c1-9-7-18-11(8-17-9)15(20)19-10(2)4-5-13-12(19)6-14(23-13)16(21)22-3/h7-8,10,12-14H,4-6H2,1-3H3/t10-,12+,13+,14-/m0/s1. The first-order chi connectivity index (χ1) is 11.0. The number of aromatic nitrogens is 2. The van der Waals surface area contributed by atoms with Crippen LogP contribution in [0.15, 0.2) is 12.4 Å². The van der Waals surface area contributed by atoms with Gasteiger partial charge in [-0.05, 0) is 26.7 Å². The Hall–Kier alpha value is -2.02. The van der Waals surface area contributed by atoms with E-state index < -0.39 is 6.10 Å². The molecule has 1 aromatic heterocycles. The topological polar surface area (TPSA) is 81.6 Å². The highest BCUT2D eigenvalue weighted by atomic mass is 16.6. The van der Waals surface area contributed by atoms with E-state index in [1.54, 1.807) is 11.1 Å². The molecule has 2 aliphatic rings. The van der Waals surface area contributed by atoms with Crippen molar-refractivity contribution >= 4 is 11.9 Å². The normalized spacial score (nSPS) is 30.0. The van der Waals surface area contributed by atoms with Crippen molar-refractivity contribution in [3.05, 3.63) is 23.8 Å². The number of hydrogen-bond acceptors (Lipinski definition) is 6. The molecular weight excluding hydrogens is 298 g/mol. The van der Waals surface area contributed by atoms with Crippen LogP contribution in [0.5, 0.6) is 0 Å². The molecule has 7 heteroatoms. The molecule has 0 unspecified atom stereocenters. The van der Waals surface area contributed by atoms with E-state index in [1.807, 2.05) is 13.8 Å². The molecule has 0 saturated carbocycles. The van der Waals surface area contributed by atoms with E-state index in [1.165, 1.54) is 13.3 Å². The number of hydrogen-bond donors (Lipinski definition) is 0. The van der Waals surface area contributed by atoms with E-state index in [0.29, 0.717) is 12.1 Å². The number of rotatable bonds is 2. The van der Waals surface area contributed by atoms with Crippen LogP contribution in [-0.2, 0) is 14.3 Å². The zero-order valence-electron chi connectivity index (χ0n) is 13.6. The van der Waals surface area contributed by atoms with Gasteiger partial charge < -0.3 is 14.4 Å². The number of amides is 1. The van der Waals surface area contributed by atoms with Gasteiger partial charge in [0, 0.05) is 18.7 Å². The van der Waals surface area contributed by atoms with E-state index in [9.17, 15) is 9.59 Å². The Morgan fingerprint density at radius 1 is 1.30 bits per heavy atom. The predicted octanol–water partition coefficient (Wildman–Crippen LogP) is 1.11. The zero-order valence-corrected chi connectivity index (χ0v) is 13.6. The van der Waals surface area contributed by atoms with Crippen LogP contribution >= 0.6 is 0 Å². The monoisotopic (exact) mass is 319 g/mol. The lowest BCUT2D eigenvalue weighted by Crippen LogP contribution is -2.53. The van der Waals surface area contributed by atoms with E-state index in [2.05, 4.69) is 9.97 Å². The van der Waals surface area contributed by atoms with Crippen LogP contribution in [0.4, 0.5) is 0 Å². The van der Waals surface area contributed by atoms with Crippen LogP contribution in [0, 0.1) is 6.92 Å². The maximum absolute atomic E-state index is 12.9. The maximum Gasteiger partial charge on any atom is 0.335 e. The summed E-state index contributed by atoms with van der Waals surface area (Å²) in [4.78, 5) is 34.7. The SMILES string of the molecule is COC(=O)[C@@H]1C[C@@H]2[C@@H](CC[C@H](C)N2C(=O)c2cnc(C)cn2)O1. The van der Waals surface area contributed by atoms with Gasteiger partial charge in [-0.3, -0.25) is 9.78 Å². The molecule has 3 rings (SSSR count). The summed E-state index contributed by atoms with van der Waals surface area (Å²) >= 11 is 0. The number of nitrogens with zero attached hydrogens (tertiary/aromatic N) is 3. The number of fused-ring (bicyclic) bond motifs is 1. The molecule has 4 atom stereocenters. The molecular formula is C16H21N3O4. The highest BCUT2D eigenvalue weighted by molar-refractivity contribution is 5.92. The fourth-order valence-electron chi connectivity index (χ4n) is 3.42. The first-order valence-electron chi connectivity index (χ1n) is 7.86. The van der Waals surface area contributed by atoms with Gasteiger partial charge in [0.15, 0.2) is 6.10 Å². The second kappa shape index (κ2) is 6.23. The molecule has 3 heterocycles. The van der Waals surface area contributed by atoms with Gasteiger partial charge in [-0.15, -0.1) is 0 Å². The highest BCUT2D eigenvalue weighted by Gasteiger charge is 2.48. The lowest BCUT2D eigenvalue weighted by molar-refractivity contribution is -0.153. The van der Waals surface area contributed by atoms with Crippen molar-refractivity contribution in [1.82, 2.24) is 14.9 Å². The third-order valence-electron chi connectivity index (χ3n) is 4.62. The van der Waals surface area contributed by atoms with Gasteiger partial charge in [0.05, 0.1) is 31.1 Å². The molecule has 7 nitrogen and oxygen atoms in total. The Kier molecular flexibility index (Phi) is 4.30. The smallest absolute Gasteiger partial charge is 0.335 e. The van der Waals surface area contributed by atoms with Crippen molar-refractivity contribution in [2.24, 2.45) is 0 Å². The summed E-state index contributed by atoms with van der Waals surface area (Å²) in [5.41, 5.74) is 1.09. The summed E-state index contributed by atoms with van der Waals surface area (Å²) in [5, 5.41) is 0. The fourth-order valence-corrected chi connectivity index (χ4v) is 3.42. The number of esters is 1. The Labute approximate surface area is 135 Å². The van der Waals surface area contributed by atoms with Gasteiger partial charge in [-0.25, -0.2) is 9.78 Å². The number of carbonyl (C=O) groups excluding carboxylic acids is 2. The third-order valence-corrected chi connectivity index (χ3v) is 4.62. The second-order valence-electron chi connectivity index (χ2n) is 6.17. The molecule has 2 aliphatic heterocycles. The van der Waals surface area contributed by atoms with Gasteiger partial charge in [0.2, 0.25) is 0 Å².